The van der Waals surface area contributed by atoms with Crippen LogP contribution in [0, 0.1) is 5.82 Å². The van der Waals surface area contributed by atoms with E-state index in [9.17, 15) is 17.6 Å². The summed E-state index contributed by atoms with van der Waals surface area (Å²) in [5.41, 5.74) is 1.11. The van der Waals surface area contributed by atoms with E-state index in [2.05, 4.69) is 0 Å². The first-order valence-corrected chi connectivity index (χ1v) is 13.0. The fourth-order valence-electron chi connectivity index (χ4n) is 3.69. The molecule has 0 fully saturated rings. The van der Waals surface area contributed by atoms with Gasteiger partial charge in [0.15, 0.2) is 0 Å². The summed E-state index contributed by atoms with van der Waals surface area (Å²) in [4.78, 5) is 17.2. The number of allylic oxidation sites excluding steroid dienone is 1. The number of aryl methyl sites for hydroxylation is 1. The number of anilines is 1. The van der Waals surface area contributed by atoms with E-state index in [4.69, 9.17) is 9.72 Å². The van der Waals surface area contributed by atoms with Gasteiger partial charge in [-0.15, -0.1) is 0 Å². The molecule has 1 aromatic heterocycles. The Morgan fingerprint density at radius 3 is 2.46 bits per heavy atom. The van der Waals surface area contributed by atoms with Gasteiger partial charge in [0.25, 0.3) is 10.0 Å². The number of carbonyl (C=O) groups excluding carboxylic acids is 1. The Balaban J connectivity index is 2.06. The van der Waals surface area contributed by atoms with E-state index in [1.807, 2.05) is 32.3 Å². The minimum atomic E-state index is -3.96. The Morgan fingerprint density at radius 2 is 1.86 bits per heavy atom. The van der Waals surface area contributed by atoms with Crippen LogP contribution >= 0.6 is 0 Å². The third kappa shape index (κ3) is 6.28. The topological polar surface area (TPSA) is 81.5 Å². The van der Waals surface area contributed by atoms with Crippen LogP contribution < -0.4 is 4.31 Å². The zero-order valence-electron chi connectivity index (χ0n) is 20.8. The number of fused-ring (bicyclic) bond motifs is 1. The molecule has 0 aliphatic rings. The highest BCUT2D eigenvalue weighted by Crippen LogP contribution is 2.28. The zero-order valence-corrected chi connectivity index (χ0v) is 21.6. The van der Waals surface area contributed by atoms with Gasteiger partial charge in [0.05, 0.1) is 28.2 Å². The van der Waals surface area contributed by atoms with Crippen LogP contribution in [0.2, 0.25) is 0 Å². The first kappa shape index (κ1) is 26.4. The number of imidazole rings is 1. The van der Waals surface area contributed by atoms with Crippen molar-refractivity contribution < 1.29 is 22.3 Å². The molecule has 9 heteroatoms. The number of sulfonamides is 1. The van der Waals surface area contributed by atoms with Crippen LogP contribution in [0.25, 0.3) is 11.0 Å². The van der Waals surface area contributed by atoms with Gasteiger partial charge >= 0.3 is 5.97 Å². The van der Waals surface area contributed by atoms with Crippen LogP contribution in [0.15, 0.2) is 59.5 Å². The molecule has 0 saturated carbocycles. The van der Waals surface area contributed by atoms with Crippen LogP contribution in [0.4, 0.5) is 10.1 Å². The van der Waals surface area contributed by atoms with Gasteiger partial charge in [-0.05, 0) is 76.6 Å². The predicted molar refractivity (Wildman–Crippen MR) is 135 cm³/mol. The van der Waals surface area contributed by atoms with Crippen molar-refractivity contribution in [2.45, 2.75) is 64.5 Å². The third-order valence-electron chi connectivity index (χ3n) is 5.19. The van der Waals surface area contributed by atoms with Crippen LogP contribution in [0.1, 0.15) is 46.9 Å². The maximum absolute atomic E-state index is 13.4. The number of ether oxygens (including phenoxy) is 1. The molecule has 0 aliphatic heterocycles. The molecule has 0 aliphatic carbocycles. The molecule has 3 rings (SSSR count). The molecule has 2 aromatic carbocycles. The Hall–Kier alpha value is -3.20. The molecule has 0 atom stereocenters. The van der Waals surface area contributed by atoms with Gasteiger partial charge in [0, 0.05) is 6.42 Å². The number of hydrogen-bond acceptors (Lipinski definition) is 5. The summed E-state index contributed by atoms with van der Waals surface area (Å²) in [5, 5.41) is 0. The van der Waals surface area contributed by atoms with E-state index in [1.165, 1.54) is 16.4 Å². The van der Waals surface area contributed by atoms with Crippen molar-refractivity contribution in [2.24, 2.45) is 0 Å². The van der Waals surface area contributed by atoms with E-state index in [0.717, 1.165) is 24.4 Å². The van der Waals surface area contributed by atoms with E-state index >= 15 is 0 Å². The van der Waals surface area contributed by atoms with Crippen LogP contribution in [0.5, 0.6) is 0 Å². The molecule has 0 N–H and O–H groups in total. The van der Waals surface area contributed by atoms with E-state index < -0.39 is 21.4 Å². The van der Waals surface area contributed by atoms with Crippen molar-refractivity contribution in [1.29, 1.82) is 0 Å². The number of hydrogen-bond donors (Lipinski definition) is 0. The molecule has 0 radical (unpaired) electrons. The molecule has 3 aromatic rings. The molecule has 0 spiro atoms. The minimum Gasteiger partial charge on any atom is -0.459 e. The smallest absolute Gasteiger partial charge is 0.326 e. The first-order chi connectivity index (χ1) is 16.5. The van der Waals surface area contributed by atoms with Gasteiger partial charge < -0.3 is 9.30 Å². The fraction of sp³-hybridized carbons (Fsp3) is 0.385. The predicted octanol–water partition coefficient (Wildman–Crippen LogP) is 5.24. The Bertz CT molecular complexity index is 1320. The highest BCUT2D eigenvalue weighted by molar-refractivity contribution is 7.92. The Morgan fingerprint density at radius 1 is 1.17 bits per heavy atom. The summed E-state index contributed by atoms with van der Waals surface area (Å²) in [6, 6.07) is 9.91. The molecule has 1 heterocycles. The lowest BCUT2D eigenvalue weighted by molar-refractivity contribution is -0.155. The molecular weight excluding hydrogens is 469 g/mol. The van der Waals surface area contributed by atoms with E-state index in [1.54, 1.807) is 37.3 Å². The normalized spacial score (nSPS) is 12.4. The van der Waals surface area contributed by atoms with Gasteiger partial charge in [-0.3, -0.25) is 9.10 Å². The Kier molecular flexibility index (Phi) is 8.00. The average Bonchev–Trinajstić information content (AvgIpc) is 3.09. The molecule has 0 saturated heterocycles. The summed E-state index contributed by atoms with van der Waals surface area (Å²) in [7, 11) is -3.96. The summed E-state index contributed by atoms with van der Waals surface area (Å²) in [6.07, 6.45) is 4.98. The van der Waals surface area contributed by atoms with Gasteiger partial charge in [0.1, 0.15) is 23.8 Å². The summed E-state index contributed by atoms with van der Waals surface area (Å²) < 4.78 is 48.8. The largest absolute Gasteiger partial charge is 0.459 e. The lowest BCUT2D eigenvalue weighted by Gasteiger charge is -2.23. The van der Waals surface area contributed by atoms with Crippen LogP contribution in [-0.2, 0) is 32.5 Å². The average molecular weight is 502 g/mol. The molecule has 7 nitrogen and oxygen atoms in total. The maximum Gasteiger partial charge on any atom is 0.326 e. The molecular formula is C26H32FN3O4S. The number of halogens is 1. The number of esters is 1. The maximum atomic E-state index is 13.4. The number of carbonyl (C=O) groups is 1. The summed E-state index contributed by atoms with van der Waals surface area (Å²) in [6.45, 7) is 9.39. The number of nitrogens with zero attached hydrogens (tertiary/aromatic N) is 3. The first-order valence-electron chi connectivity index (χ1n) is 11.6. The number of rotatable bonds is 9. The lowest BCUT2D eigenvalue weighted by atomic mass is 10.2. The second-order valence-corrected chi connectivity index (χ2v) is 11.0. The van der Waals surface area contributed by atoms with Gasteiger partial charge in [0.2, 0.25) is 0 Å². The highest BCUT2D eigenvalue weighted by Gasteiger charge is 2.26. The lowest BCUT2D eigenvalue weighted by Crippen LogP contribution is -2.31. The quantitative estimate of drug-likeness (QED) is 0.296. The van der Waals surface area contributed by atoms with E-state index in [-0.39, 0.29) is 24.0 Å². The molecule has 35 heavy (non-hydrogen) atoms. The summed E-state index contributed by atoms with van der Waals surface area (Å²) >= 11 is 0. The van der Waals surface area contributed by atoms with Crippen molar-refractivity contribution in [3.05, 3.63) is 66.3 Å². The Labute approximate surface area is 206 Å². The van der Waals surface area contributed by atoms with Crippen molar-refractivity contribution in [3.63, 3.8) is 0 Å². The minimum absolute atomic E-state index is 0.00868. The van der Waals surface area contributed by atoms with Crippen molar-refractivity contribution in [3.8, 4) is 0 Å². The van der Waals surface area contributed by atoms with Crippen LogP contribution in [-0.4, -0.2) is 36.1 Å². The molecule has 0 unspecified atom stereocenters. The van der Waals surface area contributed by atoms with Crippen LogP contribution in [0.3, 0.4) is 0 Å². The monoisotopic (exact) mass is 501 g/mol. The SMILES string of the molecule is C/C=C/CN(c1ccc2c(c1)nc(CCC)n2CC(=O)OC(C)(C)C)S(=O)(=O)c1ccc(F)cc1. The number of aromatic nitrogens is 2. The van der Waals surface area contributed by atoms with Gasteiger partial charge in [-0.2, -0.15) is 0 Å². The fourth-order valence-corrected chi connectivity index (χ4v) is 5.10. The van der Waals surface area contributed by atoms with Crippen molar-refractivity contribution in [1.82, 2.24) is 9.55 Å². The summed E-state index contributed by atoms with van der Waals surface area (Å²) in [5.74, 6) is -0.150. The third-order valence-corrected chi connectivity index (χ3v) is 7.00. The van der Waals surface area contributed by atoms with Gasteiger partial charge in [-0.1, -0.05) is 19.1 Å². The second kappa shape index (κ2) is 10.6. The van der Waals surface area contributed by atoms with E-state index in [0.29, 0.717) is 23.1 Å². The molecule has 188 valence electrons. The number of benzene rings is 2. The van der Waals surface area contributed by atoms with Crippen molar-refractivity contribution >= 4 is 32.7 Å². The second-order valence-electron chi connectivity index (χ2n) is 9.18. The van der Waals surface area contributed by atoms with Crippen molar-refractivity contribution in [2.75, 3.05) is 10.8 Å². The van der Waals surface area contributed by atoms with Gasteiger partial charge in [-0.25, -0.2) is 17.8 Å². The molecule has 0 amide bonds. The highest BCUT2D eigenvalue weighted by atomic mass is 32.2. The standard InChI is InChI=1S/C26H32FN3O4S/c1-6-8-16-30(35(32,33)21-13-10-19(27)11-14-21)20-12-15-23-22(17-20)28-24(9-7-2)29(23)18-25(31)34-26(3,4)5/h6,8,10-15,17H,7,9,16,18H2,1-5H3/b8-6+. The zero-order chi connectivity index (χ0) is 25.8. The molecule has 0 bridgehead atoms.